The third kappa shape index (κ3) is 4.28. The quantitative estimate of drug-likeness (QED) is 0.283. The largest absolute Gasteiger partial charge is 0.370 e. The number of rotatable bonds is 7. The van der Waals surface area contributed by atoms with Crippen molar-refractivity contribution in [3.8, 4) is 5.69 Å². The topological polar surface area (TPSA) is 127 Å². The molecule has 0 amide bonds. The molecule has 0 radical (unpaired) electrons. The van der Waals surface area contributed by atoms with Gasteiger partial charge in [0.05, 0.1) is 5.69 Å². The molecule has 0 aliphatic carbocycles. The number of aromatic amines is 1. The van der Waals surface area contributed by atoms with Crippen molar-refractivity contribution in [3.63, 3.8) is 0 Å². The molecule has 1 aromatic carbocycles. The maximum atomic E-state index is 12.2. The minimum atomic E-state index is -0.301. The highest BCUT2D eigenvalue weighted by molar-refractivity contribution is 5.76. The van der Waals surface area contributed by atoms with Crippen molar-refractivity contribution >= 4 is 17.0 Å². The number of nitrogens with two attached hydrogens (primary N) is 2. The summed E-state index contributed by atoms with van der Waals surface area (Å²) in [5, 5.41) is 4.25. The number of nitrogens with zero attached hydrogens (tertiary/aromatic N) is 3. The molecule has 0 aliphatic rings. The van der Waals surface area contributed by atoms with Crippen LogP contribution in [0.3, 0.4) is 0 Å². The summed E-state index contributed by atoms with van der Waals surface area (Å²) in [5.41, 5.74) is 13.8. The first-order chi connectivity index (χ1) is 12.5. The third-order valence-electron chi connectivity index (χ3n) is 3.99. The standard InChI is InChI=1S/C18H23N7O/c1-12-9-14-11-25(18(26)24-16(14)23-12)15-5-3-13(4-6-15)10-21-7-2-8-22-17(19)20/h3-6,9,11,21H,2,7-8,10H2,1H3,(H4,19,20,22)(H,23,24,26). The summed E-state index contributed by atoms with van der Waals surface area (Å²) in [6.07, 6.45) is 2.68. The molecular weight excluding hydrogens is 330 g/mol. The van der Waals surface area contributed by atoms with Gasteiger partial charge in [-0.25, -0.2) is 4.79 Å². The number of guanidine groups is 1. The molecule has 0 spiro atoms. The normalized spacial score (nSPS) is 11.0. The molecule has 0 unspecified atom stereocenters. The number of aryl methyl sites for hydroxylation is 1. The molecule has 0 fully saturated rings. The van der Waals surface area contributed by atoms with E-state index in [1.807, 2.05) is 43.5 Å². The fourth-order valence-corrected chi connectivity index (χ4v) is 2.74. The number of nitrogens with one attached hydrogen (secondary N) is 2. The van der Waals surface area contributed by atoms with Gasteiger partial charge in [0.15, 0.2) is 5.96 Å². The van der Waals surface area contributed by atoms with Crippen molar-refractivity contribution in [1.82, 2.24) is 19.9 Å². The molecule has 0 bridgehead atoms. The Kier molecular flexibility index (Phi) is 5.33. The van der Waals surface area contributed by atoms with Gasteiger partial charge in [0.25, 0.3) is 0 Å². The number of aliphatic imine (C=N–C) groups is 1. The van der Waals surface area contributed by atoms with Crippen LogP contribution in [0.4, 0.5) is 0 Å². The van der Waals surface area contributed by atoms with E-state index in [0.29, 0.717) is 12.2 Å². The van der Waals surface area contributed by atoms with Crippen LogP contribution in [0.5, 0.6) is 0 Å². The van der Waals surface area contributed by atoms with Crippen LogP contribution in [0.2, 0.25) is 0 Å². The van der Waals surface area contributed by atoms with Crippen LogP contribution in [0.1, 0.15) is 17.7 Å². The zero-order chi connectivity index (χ0) is 18.5. The third-order valence-corrected chi connectivity index (χ3v) is 3.99. The molecule has 3 rings (SSSR count). The predicted octanol–water partition coefficient (Wildman–Crippen LogP) is 0.775. The first-order valence-electron chi connectivity index (χ1n) is 8.47. The second-order valence-electron chi connectivity index (χ2n) is 6.15. The van der Waals surface area contributed by atoms with E-state index >= 15 is 0 Å². The van der Waals surface area contributed by atoms with E-state index in [4.69, 9.17) is 11.5 Å². The van der Waals surface area contributed by atoms with Crippen LogP contribution in [0.15, 0.2) is 46.3 Å². The van der Waals surface area contributed by atoms with Crippen molar-refractivity contribution in [2.45, 2.75) is 19.9 Å². The van der Waals surface area contributed by atoms with Gasteiger partial charge in [-0.15, -0.1) is 0 Å². The van der Waals surface area contributed by atoms with E-state index in [9.17, 15) is 4.79 Å². The van der Waals surface area contributed by atoms with Gasteiger partial charge in [-0.1, -0.05) is 12.1 Å². The summed E-state index contributed by atoms with van der Waals surface area (Å²) in [4.78, 5) is 23.3. The fraction of sp³-hybridized carbons (Fsp3) is 0.278. The maximum Gasteiger partial charge on any atom is 0.354 e. The second-order valence-corrected chi connectivity index (χ2v) is 6.15. The van der Waals surface area contributed by atoms with Gasteiger partial charge in [0, 0.05) is 30.4 Å². The molecule has 0 saturated carbocycles. The Morgan fingerprint density at radius 3 is 2.81 bits per heavy atom. The number of H-pyrrole nitrogens is 1. The van der Waals surface area contributed by atoms with Crippen molar-refractivity contribution in [2.75, 3.05) is 13.1 Å². The number of hydrogen-bond acceptors (Lipinski definition) is 4. The Labute approximate surface area is 151 Å². The van der Waals surface area contributed by atoms with Crippen molar-refractivity contribution < 1.29 is 0 Å². The van der Waals surface area contributed by atoms with E-state index in [1.54, 1.807) is 4.57 Å². The van der Waals surface area contributed by atoms with Crippen molar-refractivity contribution in [2.24, 2.45) is 16.5 Å². The van der Waals surface area contributed by atoms with Crippen LogP contribution in [-0.2, 0) is 6.54 Å². The lowest BCUT2D eigenvalue weighted by molar-refractivity contribution is 0.655. The summed E-state index contributed by atoms with van der Waals surface area (Å²) >= 11 is 0. The zero-order valence-electron chi connectivity index (χ0n) is 14.7. The van der Waals surface area contributed by atoms with Gasteiger partial charge in [-0.05, 0) is 43.7 Å². The minimum absolute atomic E-state index is 0.123. The summed E-state index contributed by atoms with van der Waals surface area (Å²) < 4.78 is 1.56. The molecule has 2 aromatic heterocycles. The molecule has 8 nitrogen and oxygen atoms in total. The van der Waals surface area contributed by atoms with Crippen molar-refractivity contribution in [3.05, 3.63) is 58.3 Å². The molecule has 3 aromatic rings. The van der Waals surface area contributed by atoms with Gasteiger partial charge in [0.1, 0.15) is 5.65 Å². The molecule has 136 valence electrons. The summed E-state index contributed by atoms with van der Waals surface area (Å²) in [7, 11) is 0. The monoisotopic (exact) mass is 353 g/mol. The van der Waals surface area contributed by atoms with E-state index in [-0.39, 0.29) is 11.6 Å². The molecule has 0 aliphatic heterocycles. The fourth-order valence-electron chi connectivity index (χ4n) is 2.74. The highest BCUT2D eigenvalue weighted by Crippen LogP contribution is 2.13. The molecular formula is C18H23N7O. The van der Waals surface area contributed by atoms with Crippen LogP contribution in [-0.4, -0.2) is 33.6 Å². The number of hydrogen-bond donors (Lipinski definition) is 4. The first kappa shape index (κ1) is 17.7. The van der Waals surface area contributed by atoms with E-state index in [1.165, 1.54) is 0 Å². The van der Waals surface area contributed by atoms with Crippen molar-refractivity contribution in [1.29, 1.82) is 0 Å². The molecule has 8 heteroatoms. The van der Waals surface area contributed by atoms with Crippen LogP contribution < -0.4 is 22.5 Å². The smallest absolute Gasteiger partial charge is 0.354 e. The van der Waals surface area contributed by atoms with E-state index < -0.39 is 0 Å². The Morgan fingerprint density at radius 2 is 2.08 bits per heavy atom. The maximum absolute atomic E-state index is 12.2. The Hall–Kier alpha value is -3.13. The summed E-state index contributed by atoms with van der Waals surface area (Å²) in [6.45, 7) is 4.12. The highest BCUT2D eigenvalue weighted by atomic mass is 16.1. The average molecular weight is 353 g/mol. The zero-order valence-corrected chi connectivity index (χ0v) is 14.7. The van der Waals surface area contributed by atoms with Gasteiger partial charge < -0.3 is 21.8 Å². The minimum Gasteiger partial charge on any atom is -0.370 e. The van der Waals surface area contributed by atoms with Crippen LogP contribution in [0, 0.1) is 6.92 Å². The number of benzene rings is 1. The number of aromatic nitrogens is 3. The van der Waals surface area contributed by atoms with Crippen LogP contribution >= 0.6 is 0 Å². The number of fused-ring (bicyclic) bond motifs is 1. The molecule has 6 N–H and O–H groups in total. The van der Waals surface area contributed by atoms with Gasteiger partial charge in [-0.3, -0.25) is 9.56 Å². The lowest BCUT2D eigenvalue weighted by Gasteiger charge is -2.08. The SMILES string of the molecule is Cc1cc2cn(-c3ccc(CNCCCN=C(N)N)cc3)c(=O)nc2[nH]1. The molecule has 0 atom stereocenters. The predicted molar refractivity (Wildman–Crippen MR) is 103 cm³/mol. The molecule has 26 heavy (non-hydrogen) atoms. The average Bonchev–Trinajstić information content (AvgIpc) is 2.96. The van der Waals surface area contributed by atoms with Crippen LogP contribution in [0.25, 0.3) is 16.7 Å². The van der Waals surface area contributed by atoms with Gasteiger partial charge >= 0.3 is 5.69 Å². The Bertz CT molecular complexity index is 965. The first-order valence-corrected chi connectivity index (χ1v) is 8.47. The van der Waals surface area contributed by atoms with E-state index in [0.717, 1.165) is 41.8 Å². The summed E-state index contributed by atoms with van der Waals surface area (Å²) in [5.74, 6) is 0.123. The molecule has 0 saturated heterocycles. The van der Waals surface area contributed by atoms with E-state index in [2.05, 4.69) is 20.3 Å². The highest BCUT2D eigenvalue weighted by Gasteiger charge is 2.06. The lowest BCUT2D eigenvalue weighted by atomic mass is 10.2. The van der Waals surface area contributed by atoms with Gasteiger partial charge in [-0.2, -0.15) is 4.98 Å². The summed E-state index contributed by atoms with van der Waals surface area (Å²) in [6, 6.07) is 9.81. The Balaban J connectivity index is 1.63. The second kappa shape index (κ2) is 7.83. The lowest BCUT2D eigenvalue weighted by Crippen LogP contribution is -2.23. The molecule has 2 heterocycles. The Morgan fingerprint density at radius 1 is 1.31 bits per heavy atom. The van der Waals surface area contributed by atoms with Gasteiger partial charge in [0.2, 0.25) is 0 Å².